The molecule has 0 unspecified atom stereocenters. The van der Waals surface area contributed by atoms with Gasteiger partial charge in [-0.05, 0) is 36.2 Å². The second-order valence-electron chi connectivity index (χ2n) is 6.82. The second-order valence-corrected chi connectivity index (χ2v) is 7.25. The van der Waals surface area contributed by atoms with E-state index in [0.29, 0.717) is 6.54 Å². The van der Waals surface area contributed by atoms with E-state index in [0.717, 1.165) is 40.2 Å². The van der Waals surface area contributed by atoms with Crippen molar-refractivity contribution in [2.24, 2.45) is 10.9 Å². The van der Waals surface area contributed by atoms with Gasteiger partial charge in [0.15, 0.2) is 0 Å². The summed E-state index contributed by atoms with van der Waals surface area (Å²) in [7, 11) is 1.86. The van der Waals surface area contributed by atoms with Gasteiger partial charge in [-0.2, -0.15) is 0 Å². The van der Waals surface area contributed by atoms with Crippen LogP contribution in [0.2, 0.25) is 5.02 Å². The number of benzene rings is 1. The summed E-state index contributed by atoms with van der Waals surface area (Å²) < 4.78 is 0. The zero-order chi connectivity index (χ0) is 18.9. The predicted octanol–water partition coefficient (Wildman–Crippen LogP) is 5.90. The minimum Gasteiger partial charge on any atom is -0.361 e. The molecule has 1 aromatic rings. The molecular formula is C22H30ClN3. The first-order valence-corrected chi connectivity index (χ1v) is 9.66. The van der Waals surface area contributed by atoms with Gasteiger partial charge in [-0.15, -0.1) is 0 Å². The Hall–Kier alpha value is -2.00. The Balaban J connectivity index is 2.15. The zero-order valence-electron chi connectivity index (χ0n) is 15.8. The molecule has 0 saturated heterocycles. The third-order valence-corrected chi connectivity index (χ3v) is 5.28. The Morgan fingerprint density at radius 1 is 1.27 bits per heavy atom. The molecule has 2 rings (SSSR count). The largest absolute Gasteiger partial charge is 0.361 e. The fourth-order valence-corrected chi connectivity index (χ4v) is 3.61. The summed E-state index contributed by atoms with van der Waals surface area (Å²) in [6.45, 7) is 12.7. The SMILES string of the molecule is C=CNC(=C)C(=C)N(Cc1ccc(Cl)cc1)/C(CCC1CCCC1)=N\C. The molecule has 1 aliphatic carbocycles. The lowest BCUT2D eigenvalue weighted by Gasteiger charge is -2.30. The van der Waals surface area contributed by atoms with E-state index in [1.54, 1.807) is 6.20 Å². The van der Waals surface area contributed by atoms with E-state index >= 15 is 0 Å². The number of halogens is 1. The van der Waals surface area contributed by atoms with E-state index in [9.17, 15) is 0 Å². The highest BCUT2D eigenvalue weighted by atomic mass is 35.5. The topological polar surface area (TPSA) is 27.6 Å². The second kappa shape index (κ2) is 10.2. The number of hydrogen-bond donors (Lipinski definition) is 1. The summed E-state index contributed by atoms with van der Waals surface area (Å²) in [6.07, 6.45) is 9.18. The summed E-state index contributed by atoms with van der Waals surface area (Å²) >= 11 is 6.02. The first-order valence-electron chi connectivity index (χ1n) is 9.28. The Bertz CT molecular complexity index is 654. The summed E-state index contributed by atoms with van der Waals surface area (Å²) in [6, 6.07) is 7.90. The molecule has 140 valence electrons. The van der Waals surface area contributed by atoms with E-state index in [1.807, 2.05) is 31.3 Å². The molecule has 1 saturated carbocycles. The molecule has 0 aromatic heterocycles. The molecule has 1 N–H and O–H groups in total. The predicted molar refractivity (Wildman–Crippen MR) is 113 cm³/mol. The number of aliphatic imine (C=N–C) groups is 1. The lowest BCUT2D eigenvalue weighted by molar-refractivity contribution is 0.467. The Kier molecular flexibility index (Phi) is 7.99. The van der Waals surface area contributed by atoms with Gasteiger partial charge in [-0.25, -0.2) is 0 Å². The number of nitrogens with one attached hydrogen (secondary N) is 1. The van der Waals surface area contributed by atoms with Crippen LogP contribution in [-0.4, -0.2) is 17.8 Å². The maximum absolute atomic E-state index is 6.02. The Labute approximate surface area is 163 Å². The van der Waals surface area contributed by atoms with Crippen molar-refractivity contribution < 1.29 is 0 Å². The number of hydrogen-bond acceptors (Lipinski definition) is 2. The van der Waals surface area contributed by atoms with Crippen molar-refractivity contribution in [1.82, 2.24) is 10.2 Å². The first-order chi connectivity index (χ1) is 12.5. The van der Waals surface area contributed by atoms with Crippen LogP contribution < -0.4 is 5.32 Å². The van der Waals surface area contributed by atoms with Gasteiger partial charge in [0.05, 0.1) is 11.4 Å². The van der Waals surface area contributed by atoms with Crippen LogP contribution in [0.3, 0.4) is 0 Å². The molecule has 0 bridgehead atoms. The molecule has 0 atom stereocenters. The summed E-state index contributed by atoms with van der Waals surface area (Å²) in [4.78, 5) is 6.74. The first kappa shape index (κ1) is 20.3. The van der Waals surface area contributed by atoms with Crippen molar-refractivity contribution in [2.45, 2.75) is 45.1 Å². The van der Waals surface area contributed by atoms with Crippen molar-refractivity contribution >= 4 is 17.4 Å². The number of rotatable bonds is 9. The molecule has 4 heteroatoms. The van der Waals surface area contributed by atoms with Crippen molar-refractivity contribution in [3.63, 3.8) is 0 Å². The fraction of sp³-hybridized carbons (Fsp3) is 0.409. The van der Waals surface area contributed by atoms with Crippen LogP contribution >= 0.6 is 11.6 Å². The van der Waals surface area contributed by atoms with Gasteiger partial charge < -0.3 is 10.2 Å². The molecule has 1 aromatic carbocycles. The van der Waals surface area contributed by atoms with Gasteiger partial charge in [-0.3, -0.25) is 4.99 Å². The normalized spacial score (nSPS) is 14.9. The molecule has 0 heterocycles. The molecule has 26 heavy (non-hydrogen) atoms. The molecule has 3 nitrogen and oxygen atoms in total. The molecule has 1 aliphatic rings. The zero-order valence-corrected chi connectivity index (χ0v) is 16.6. The average Bonchev–Trinajstić information content (AvgIpc) is 3.16. The Morgan fingerprint density at radius 2 is 1.92 bits per heavy atom. The highest BCUT2D eigenvalue weighted by Crippen LogP contribution is 2.29. The van der Waals surface area contributed by atoms with Crippen molar-refractivity contribution in [3.8, 4) is 0 Å². The van der Waals surface area contributed by atoms with Gasteiger partial charge in [0, 0.05) is 25.0 Å². The van der Waals surface area contributed by atoms with Gasteiger partial charge in [0.2, 0.25) is 0 Å². The van der Waals surface area contributed by atoms with Crippen LogP contribution in [0.5, 0.6) is 0 Å². The van der Waals surface area contributed by atoms with Crippen LogP contribution in [0.1, 0.15) is 44.1 Å². The summed E-state index contributed by atoms with van der Waals surface area (Å²) in [5.74, 6) is 1.87. The lowest BCUT2D eigenvalue weighted by Crippen LogP contribution is -2.32. The van der Waals surface area contributed by atoms with Gasteiger partial charge >= 0.3 is 0 Å². The monoisotopic (exact) mass is 371 g/mol. The van der Waals surface area contributed by atoms with Crippen LogP contribution in [0, 0.1) is 5.92 Å². The minimum absolute atomic E-state index is 0.686. The lowest BCUT2D eigenvalue weighted by atomic mass is 10.0. The quantitative estimate of drug-likeness (QED) is 0.332. The average molecular weight is 372 g/mol. The minimum atomic E-state index is 0.686. The van der Waals surface area contributed by atoms with E-state index in [4.69, 9.17) is 11.6 Å². The summed E-state index contributed by atoms with van der Waals surface area (Å²) in [5, 5.41) is 3.79. The van der Waals surface area contributed by atoms with Gasteiger partial charge in [0.25, 0.3) is 0 Å². The number of nitrogens with zero attached hydrogens (tertiary/aromatic N) is 2. The third-order valence-electron chi connectivity index (χ3n) is 5.03. The standard InChI is InChI=1S/C22H30ClN3/c1-5-25-17(2)18(3)26(16-20-10-13-21(23)14-11-20)22(24-4)15-12-19-8-6-7-9-19/h5,10-11,13-14,19,25H,1-3,6-9,12,15-16H2,4H3/b24-22-. The smallest absolute Gasteiger partial charge is 0.103 e. The van der Waals surface area contributed by atoms with Crippen LogP contribution in [0.15, 0.2) is 66.6 Å². The molecule has 0 amide bonds. The van der Waals surface area contributed by atoms with Crippen LogP contribution in [0.4, 0.5) is 0 Å². The molecule has 0 aliphatic heterocycles. The molecule has 0 radical (unpaired) electrons. The summed E-state index contributed by atoms with van der Waals surface area (Å²) in [5.41, 5.74) is 2.70. The molecule has 0 spiro atoms. The van der Waals surface area contributed by atoms with E-state index in [2.05, 4.69) is 34.9 Å². The van der Waals surface area contributed by atoms with Crippen molar-refractivity contribution in [2.75, 3.05) is 7.05 Å². The van der Waals surface area contributed by atoms with Crippen LogP contribution in [-0.2, 0) is 6.54 Å². The van der Waals surface area contributed by atoms with E-state index in [-0.39, 0.29) is 0 Å². The fourth-order valence-electron chi connectivity index (χ4n) is 3.48. The van der Waals surface area contributed by atoms with E-state index in [1.165, 1.54) is 32.1 Å². The van der Waals surface area contributed by atoms with Gasteiger partial charge in [0.1, 0.15) is 5.84 Å². The highest BCUT2D eigenvalue weighted by molar-refractivity contribution is 6.30. The van der Waals surface area contributed by atoms with E-state index < -0.39 is 0 Å². The van der Waals surface area contributed by atoms with Gasteiger partial charge in [-0.1, -0.05) is 69.2 Å². The number of amidine groups is 1. The third kappa shape index (κ3) is 5.77. The maximum Gasteiger partial charge on any atom is 0.103 e. The highest BCUT2D eigenvalue weighted by Gasteiger charge is 2.20. The van der Waals surface area contributed by atoms with Crippen LogP contribution in [0.25, 0.3) is 0 Å². The van der Waals surface area contributed by atoms with Crippen molar-refractivity contribution in [3.05, 3.63) is 72.2 Å². The van der Waals surface area contributed by atoms with Crippen molar-refractivity contribution in [1.29, 1.82) is 0 Å². The molecular weight excluding hydrogens is 342 g/mol. The molecule has 1 fully saturated rings. The maximum atomic E-state index is 6.02. The Morgan fingerprint density at radius 3 is 2.50 bits per heavy atom.